The number of nitrogens with zero attached hydrogens (tertiary/aromatic N) is 2. The summed E-state index contributed by atoms with van der Waals surface area (Å²) in [5.41, 5.74) is -0.469. The second kappa shape index (κ2) is 9.92. The summed E-state index contributed by atoms with van der Waals surface area (Å²) in [6.45, 7) is 4.31. The van der Waals surface area contributed by atoms with Gasteiger partial charge in [-0.05, 0) is 55.8 Å². The number of amides is 2. The molecule has 0 aromatic heterocycles. The fourth-order valence-corrected chi connectivity index (χ4v) is 4.20. The molecule has 1 aliphatic heterocycles. The molecule has 1 atom stereocenters. The van der Waals surface area contributed by atoms with Gasteiger partial charge in [0.2, 0.25) is 0 Å². The molecule has 2 amide bonds. The number of likely N-dealkylation sites (N-methyl/N-ethyl adjacent to an activating group) is 1. The zero-order valence-electron chi connectivity index (χ0n) is 19.7. The Balaban J connectivity index is 1.50. The van der Waals surface area contributed by atoms with E-state index in [0.29, 0.717) is 37.6 Å². The summed E-state index contributed by atoms with van der Waals surface area (Å²) < 4.78 is 34.5. The number of hydrogen-bond donors (Lipinski definition) is 1. The van der Waals surface area contributed by atoms with Crippen molar-refractivity contribution < 1.29 is 32.6 Å². The van der Waals surface area contributed by atoms with Crippen LogP contribution in [0.15, 0.2) is 53.4 Å². The Morgan fingerprint density at radius 3 is 2.24 bits per heavy atom. The van der Waals surface area contributed by atoms with Crippen LogP contribution >= 0.6 is 0 Å². The van der Waals surface area contributed by atoms with Gasteiger partial charge in [0.05, 0.1) is 17.5 Å². The predicted molar refractivity (Wildman–Crippen MR) is 126 cm³/mol. The van der Waals surface area contributed by atoms with Crippen LogP contribution < -0.4 is 9.47 Å². The minimum absolute atomic E-state index is 0.0123. The Labute approximate surface area is 199 Å². The van der Waals surface area contributed by atoms with Gasteiger partial charge in [-0.3, -0.25) is 0 Å². The third-order valence-electron chi connectivity index (χ3n) is 5.71. The average Bonchev–Trinajstić information content (AvgIpc) is 3.02. The summed E-state index contributed by atoms with van der Waals surface area (Å²) in [5, 5.41) is 9.16. The lowest BCUT2D eigenvalue weighted by Crippen LogP contribution is -2.37. The van der Waals surface area contributed by atoms with Gasteiger partial charge in [-0.15, -0.1) is 0 Å². The van der Waals surface area contributed by atoms with Gasteiger partial charge in [0.1, 0.15) is 11.5 Å². The highest BCUT2D eigenvalue weighted by Gasteiger charge is 2.34. The number of carbonyl (C=O) groups is 2. The topological polar surface area (TPSA) is 113 Å². The quantitative estimate of drug-likeness (QED) is 0.545. The molecule has 1 unspecified atom stereocenters. The molecular formula is C24H30N2O7S. The van der Waals surface area contributed by atoms with E-state index >= 15 is 0 Å². The van der Waals surface area contributed by atoms with Crippen molar-refractivity contribution in [3.05, 3.63) is 54.1 Å². The molecule has 1 N–H and O–H groups in total. The Kier molecular flexibility index (Phi) is 7.40. The molecule has 3 rings (SSSR count). The first-order chi connectivity index (χ1) is 15.9. The van der Waals surface area contributed by atoms with Gasteiger partial charge in [-0.25, -0.2) is 18.0 Å². The van der Waals surface area contributed by atoms with Crippen molar-refractivity contribution in [2.24, 2.45) is 0 Å². The summed E-state index contributed by atoms with van der Waals surface area (Å²) in [5.74, 6) is -0.000571. The molecule has 10 heteroatoms. The highest BCUT2D eigenvalue weighted by molar-refractivity contribution is 7.90. The van der Waals surface area contributed by atoms with Gasteiger partial charge >= 0.3 is 12.0 Å². The summed E-state index contributed by atoms with van der Waals surface area (Å²) >= 11 is 0. The first-order valence-corrected chi connectivity index (χ1v) is 12.7. The van der Waals surface area contributed by atoms with E-state index < -0.39 is 21.4 Å². The summed E-state index contributed by atoms with van der Waals surface area (Å²) in [4.78, 5) is 27.5. The second-order valence-corrected chi connectivity index (χ2v) is 10.9. The van der Waals surface area contributed by atoms with Crippen LogP contribution in [0.5, 0.6) is 11.5 Å². The monoisotopic (exact) mass is 490 g/mol. The lowest BCUT2D eigenvalue weighted by atomic mass is 10.1. The van der Waals surface area contributed by atoms with Gasteiger partial charge in [0.25, 0.3) is 0 Å². The van der Waals surface area contributed by atoms with E-state index in [1.165, 1.54) is 13.8 Å². The number of carboxylic acid groups (broad SMARTS) is 1. The molecule has 2 aromatic rings. The molecule has 0 saturated carbocycles. The summed E-state index contributed by atoms with van der Waals surface area (Å²) in [7, 11) is -1.50. The Morgan fingerprint density at radius 2 is 1.68 bits per heavy atom. The number of carbonyl (C=O) groups excluding carboxylic acids is 1. The maximum absolute atomic E-state index is 12.6. The van der Waals surface area contributed by atoms with Crippen LogP contribution in [0.2, 0.25) is 0 Å². The minimum Gasteiger partial charge on any atom is -0.494 e. The van der Waals surface area contributed by atoms with Gasteiger partial charge in [-0.2, -0.15) is 0 Å². The fourth-order valence-electron chi connectivity index (χ4n) is 3.57. The maximum atomic E-state index is 12.6. The van der Waals surface area contributed by atoms with Crippen LogP contribution in [0.1, 0.15) is 25.8 Å². The minimum atomic E-state index is -3.26. The SMILES string of the molecule is CN1C(=O)N(Cc2ccc(S(C)(=O)=O)cc2)CC1CCOc1ccc(OC(C)(C)C(=O)O)cc1. The van der Waals surface area contributed by atoms with Crippen molar-refractivity contribution in [3.8, 4) is 11.5 Å². The summed E-state index contributed by atoms with van der Waals surface area (Å²) in [6.07, 6.45) is 1.80. The van der Waals surface area contributed by atoms with Crippen LogP contribution in [0, 0.1) is 0 Å². The van der Waals surface area contributed by atoms with Crippen molar-refractivity contribution in [2.45, 2.75) is 43.4 Å². The van der Waals surface area contributed by atoms with Gasteiger partial charge in [0, 0.05) is 32.8 Å². The van der Waals surface area contributed by atoms with Gasteiger partial charge in [0.15, 0.2) is 15.4 Å². The lowest BCUT2D eigenvalue weighted by molar-refractivity contribution is -0.152. The first kappa shape index (κ1) is 25.4. The van der Waals surface area contributed by atoms with E-state index in [9.17, 15) is 18.0 Å². The number of benzene rings is 2. The van der Waals surface area contributed by atoms with E-state index in [2.05, 4.69) is 0 Å². The molecular weight excluding hydrogens is 460 g/mol. The van der Waals surface area contributed by atoms with Gasteiger partial charge in [-0.1, -0.05) is 12.1 Å². The zero-order valence-corrected chi connectivity index (χ0v) is 20.5. The molecule has 2 aromatic carbocycles. The molecule has 1 fully saturated rings. The first-order valence-electron chi connectivity index (χ1n) is 10.8. The van der Waals surface area contributed by atoms with E-state index in [4.69, 9.17) is 14.6 Å². The van der Waals surface area contributed by atoms with E-state index in [0.717, 1.165) is 11.8 Å². The van der Waals surface area contributed by atoms with E-state index in [1.54, 1.807) is 65.4 Å². The van der Waals surface area contributed by atoms with E-state index in [1.807, 2.05) is 0 Å². The Hall–Kier alpha value is -3.27. The van der Waals surface area contributed by atoms with Crippen LogP contribution in [0.25, 0.3) is 0 Å². The fraction of sp³-hybridized carbons (Fsp3) is 0.417. The second-order valence-electron chi connectivity index (χ2n) is 8.87. The number of hydrogen-bond acceptors (Lipinski definition) is 6. The average molecular weight is 491 g/mol. The standard InChI is InChI=1S/C24H30N2O7S/c1-24(2,22(27)28)33-20-9-7-19(8-10-20)32-14-13-18-16-26(23(29)25(18)3)15-17-5-11-21(12-6-17)34(4,30)31/h5-12,18H,13-16H2,1-4H3,(H,27,28). The number of ether oxygens (including phenoxy) is 2. The third kappa shape index (κ3) is 6.19. The van der Waals surface area contributed by atoms with Crippen molar-refractivity contribution in [1.82, 2.24) is 9.80 Å². The molecule has 184 valence electrons. The number of urea groups is 1. The van der Waals surface area contributed by atoms with Crippen molar-refractivity contribution in [3.63, 3.8) is 0 Å². The molecule has 34 heavy (non-hydrogen) atoms. The van der Waals surface area contributed by atoms with Gasteiger partial charge < -0.3 is 24.4 Å². The highest BCUT2D eigenvalue weighted by atomic mass is 32.2. The van der Waals surface area contributed by atoms with Crippen molar-refractivity contribution in [2.75, 3.05) is 26.5 Å². The third-order valence-corrected chi connectivity index (χ3v) is 6.84. The molecule has 1 aliphatic rings. The number of carboxylic acids is 1. The number of sulfone groups is 1. The zero-order chi connectivity index (χ0) is 25.1. The summed E-state index contributed by atoms with van der Waals surface area (Å²) in [6, 6.07) is 13.2. The number of rotatable bonds is 10. The highest BCUT2D eigenvalue weighted by Crippen LogP contribution is 2.24. The van der Waals surface area contributed by atoms with E-state index in [-0.39, 0.29) is 17.0 Å². The predicted octanol–water partition coefficient (Wildman–Crippen LogP) is 3.04. The molecule has 0 radical (unpaired) electrons. The van der Waals surface area contributed by atoms with Crippen molar-refractivity contribution in [1.29, 1.82) is 0 Å². The maximum Gasteiger partial charge on any atom is 0.347 e. The van der Waals surface area contributed by atoms with Crippen LogP contribution in [0.4, 0.5) is 4.79 Å². The normalized spacial score (nSPS) is 16.6. The largest absolute Gasteiger partial charge is 0.494 e. The lowest BCUT2D eigenvalue weighted by Gasteiger charge is -2.21. The molecule has 1 heterocycles. The van der Waals surface area contributed by atoms with Crippen molar-refractivity contribution >= 4 is 21.8 Å². The smallest absolute Gasteiger partial charge is 0.347 e. The Bertz CT molecular complexity index is 1130. The van der Waals surface area contributed by atoms with Crippen LogP contribution in [-0.2, 0) is 21.2 Å². The molecule has 0 spiro atoms. The Morgan fingerprint density at radius 1 is 1.09 bits per heavy atom. The van der Waals surface area contributed by atoms with Crippen LogP contribution in [-0.4, -0.2) is 73.4 Å². The number of aliphatic carboxylic acids is 1. The molecule has 1 saturated heterocycles. The van der Waals surface area contributed by atoms with Crippen LogP contribution in [0.3, 0.4) is 0 Å². The molecule has 0 bridgehead atoms. The molecule has 0 aliphatic carbocycles. The molecule has 9 nitrogen and oxygen atoms in total.